The molecule has 2 aromatic rings. The van der Waals surface area contributed by atoms with Crippen LogP contribution in [0.5, 0.6) is 0 Å². The summed E-state index contributed by atoms with van der Waals surface area (Å²) >= 11 is 0. The van der Waals surface area contributed by atoms with Crippen molar-refractivity contribution in [2.24, 2.45) is 12.5 Å². The lowest BCUT2D eigenvalue weighted by atomic mass is 10.1. The second-order valence-electron chi connectivity index (χ2n) is 8.94. The molecule has 2 aromatic heterocycles. The van der Waals surface area contributed by atoms with E-state index in [4.69, 9.17) is 14.7 Å². The van der Waals surface area contributed by atoms with Crippen molar-refractivity contribution in [3.8, 4) is 0 Å². The van der Waals surface area contributed by atoms with Crippen LogP contribution in [-0.2, 0) is 18.3 Å². The van der Waals surface area contributed by atoms with Gasteiger partial charge in [0, 0.05) is 35.2 Å². The molecule has 3 fully saturated rings. The van der Waals surface area contributed by atoms with E-state index in [2.05, 4.69) is 38.3 Å². The molecule has 174 valence electrons. The van der Waals surface area contributed by atoms with Crippen LogP contribution in [0.25, 0.3) is 11.2 Å². The number of halogens is 1. The van der Waals surface area contributed by atoms with Gasteiger partial charge in [-0.3, -0.25) is 4.90 Å². The number of morpholine rings is 1. The first-order valence-corrected chi connectivity index (χ1v) is 11.0. The van der Waals surface area contributed by atoms with Crippen LogP contribution in [0.1, 0.15) is 39.3 Å². The van der Waals surface area contributed by atoms with Crippen LogP contribution in [0.15, 0.2) is 12.3 Å². The van der Waals surface area contributed by atoms with E-state index in [-0.39, 0.29) is 25.4 Å². The van der Waals surface area contributed by atoms with Crippen LogP contribution in [0, 0.1) is 12.3 Å². The number of aryl methyl sites for hydroxylation is 2. The zero-order valence-electron chi connectivity index (χ0n) is 19.3. The minimum Gasteiger partial charge on any atom is -0.392 e. The molecule has 1 aliphatic carbocycles. The number of ether oxygens (including phenoxy) is 1. The van der Waals surface area contributed by atoms with Gasteiger partial charge in [0.25, 0.3) is 0 Å². The molecule has 1 saturated carbocycles. The highest BCUT2D eigenvalue weighted by Gasteiger charge is 2.47. The molecule has 5 rings (SSSR count). The molecule has 0 amide bonds. The van der Waals surface area contributed by atoms with Gasteiger partial charge in [-0.25, -0.2) is 15.0 Å². The number of hydrogen-bond acceptors (Lipinski definition) is 7. The van der Waals surface area contributed by atoms with Gasteiger partial charge in [0.15, 0.2) is 17.0 Å². The maximum absolute atomic E-state index is 5.49. The Morgan fingerprint density at radius 2 is 1.84 bits per heavy atom. The Labute approximate surface area is 204 Å². The summed E-state index contributed by atoms with van der Waals surface area (Å²) in [6, 6.07) is 0. The van der Waals surface area contributed by atoms with Crippen molar-refractivity contribution in [3.05, 3.63) is 23.9 Å². The molecule has 3 aliphatic rings. The fourth-order valence-electron chi connectivity index (χ4n) is 4.28. The van der Waals surface area contributed by atoms with E-state index in [0.29, 0.717) is 5.41 Å². The number of rotatable bonds is 4. The highest BCUT2D eigenvalue weighted by Crippen LogP contribution is 2.52. The predicted molar refractivity (Wildman–Crippen MR) is 137 cm³/mol. The van der Waals surface area contributed by atoms with E-state index < -0.39 is 0 Å². The second-order valence-corrected chi connectivity index (χ2v) is 8.94. The zero-order chi connectivity index (χ0) is 21.3. The second kappa shape index (κ2) is 9.99. The molecule has 9 heteroatoms. The monoisotopic (exact) mass is 543 g/mol. The van der Waals surface area contributed by atoms with Crippen LogP contribution in [0.2, 0.25) is 0 Å². The van der Waals surface area contributed by atoms with Gasteiger partial charge < -0.3 is 19.5 Å². The quantitative estimate of drug-likeness (QED) is 0.595. The Morgan fingerprint density at radius 1 is 1.16 bits per heavy atom. The molecular formula is C22H38IN7O. The number of fused-ring (bicyclic) bond motifs is 1. The van der Waals surface area contributed by atoms with Crippen molar-refractivity contribution in [2.75, 3.05) is 51.3 Å². The number of likely N-dealkylation sites (tertiary alicyclic amines) is 1. The Morgan fingerprint density at radius 3 is 2.42 bits per heavy atom. The van der Waals surface area contributed by atoms with Crippen molar-refractivity contribution >= 4 is 41.0 Å². The molecule has 1 spiro atoms. The summed E-state index contributed by atoms with van der Waals surface area (Å²) in [5, 5.41) is 2.83. The molecular weight excluding hydrogens is 505 g/mol. The Balaban J connectivity index is 0.000000472. The van der Waals surface area contributed by atoms with E-state index in [1.165, 1.54) is 32.4 Å². The van der Waals surface area contributed by atoms with Gasteiger partial charge in [0.2, 0.25) is 0 Å². The maximum atomic E-state index is 5.49. The fraction of sp³-hybridized carbons (Fsp3) is 0.682. The number of anilines is 1. The lowest BCUT2D eigenvalue weighted by molar-refractivity contribution is 0.122. The van der Waals surface area contributed by atoms with Crippen molar-refractivity contribution in [2.45, 2.75) is 39.7 Å². The fourth-order valence-corrected chi connectivity index (χ4v) is 4.28. The van der Waals surface area contributed by atoms with Crippen LogP contribution in [-0.4, -0.2) is 70.9 Å². The molecule has 0 bridgehead atoms. The van der Waals surface area contributed by atoms with Gasteiger partial charge in [-0.15, -0.1) is 24.0 Å². The largest absolute Gasteiger partial charge is 0.392 e. The summed E-state index contributed by atoms with van der Waals surface area (Å²) in [5.74, 6) is 2.87. The van der Waals surface area contributed by atoms with Gasteiger partial charge in [-0.1, -0.05) is 6.58 Å². The van der Waals surface area contributed by atoms with Crippen molar-refractivity contribution < 1.29 is 6.16 Å². The van der Waals surface area contributed by atoms with Gasteiger partial charge in [-0.2, -0.15) is 0 Å². The number of allylic oxidation sites excluding steroid dienone is 1. The van der Waals surface area contributed by atoms with Gasteiger partial charge in [0.1, 0.15) is 11.6 Å². The summed E-state index contributed by atoms with van der Waals surface area (Å²) in [4.78, 5) is 19.2. The molecule has 8 nitrogen and oxygen atoms in total. The van der Waals surface area contributed by atoms with E-state index in [9.17, 15) is 0 Å². The minimum absolute atomic E-state index is 0. The summed E-state index contributed by atoms with van der Waals surface area (Å²) in [6.45, 7) is 14.0. The first-order chi connectivity index (χ1) is 14.4. The van der Waals surface area contributed by atoms with Gasteiger partial charge >= 0.3 is 0 Å². The summed E-state index contributed by atoms with van der Waals surface area (Å²) in [7, 11) is 3.94. The normalized spacial score (nSPS) is 19.7. The molecule has 0 aromatic carbocycles. The number of aromatic nitrogens is 4. The Kier molecular flexibility index (Phi) is 7.80. The van der Waals surface area contributed by atoms with Crippen molar-refractivity contribution in [3.63, 3.8) is 0 Å². The first kappa shape index (κ1) is 24.2. The third kappa shape index (κ3) is 5.48. The van der Waals surface area contributed by atoms with E-state index in [1.807, 2.05) is 20.9 Å². The Hall–Kier alpha value is -1.46. The van der Waals surface area contributed by atoms with Crippen molar-refractivity contribution in [1.82, 2.24) is 29.7 Å². The maximum Gasteiger partial charge on any atom is 0.165 e. The van der Waals surface area contributed by atoms with Gasteiger partial charge in [0.05, 0.1) is 19.8 Å². The number of nitrogens with zero attached hydrogens (tertiary/aromatic N) is 6. The highest BCUT2D eigenvalue weighted by atomic mass is 127. The standard InChI is InChI=1S/C18H26N6O.C4H9N.HI.H2/c1-13-19-16-15(17(20-13)24-7-9-25-10-8-24)21-14(22(16)2)11-23-6-5-18(12-23)3-4-18;1-4(2)5-3;;/h3-12H2,1-2H3;5H,1H2,2-3H3;2*1H. The first-order valence-electron chi connectivity index (χ1n) is 11.0. The van der Waals surface area contributed by atoms with E-state index >= 15 is 0 Å². The number of imidazole rings is 1. The molecule has 2 aliphatic heterocycles. The average molecular weight is 543 g/mol. The van der Waals surface area contributed by atoms with E-state index in [1.54, 1.807) is 0 Å². The Bertz CT molecular complexity index is 925. The summed E-state index contributed by atoms with van der Waals surface area (Å²) < 4.78 is 7.65. The molecule has 31 heavy (non-hydrogen) atoms. The van der Waals surface area contributed by atoms with Crippen molar-refractivity contribution in [1.29, 1.82) is 0 Å². The van der Waals surface area contributed by atoms with Crippen LogP contribution >= 0.6 is 24.0 Å². The smallest absolute Gasteiger partial charge is 0.165 e. The third-order valence-electron chi connectivity index (χ3n) is 6.48. The minimum atomic E-state index is 0. The summed E-state index contributed by atoms with van der Waals surface area (Å²) in [6.07, 6.45) is 4.19. The molecule has 2 saturated heterocycles. The van der Waals surface area contributed by atoms with Crippen LogP contribution < -0.4 is 10.2 Å². The third-order valence-corrected chi connectivity index (χ3v) is 6.48. The van der Waals surface area contributed by atoms with Gasteiger partial charge in [-0.05, 0) is 50.8 Å². The molecule has 0 unspecified atom stereocenters. The zero-order valence-corrected chi connectivity index (χ0v) is 21.6. The summed E-state index contributed by atoms with van der Waals surface area (Å²) in [5.41, 5.74) is 3.54. The van der Waals surface area contributed by atoms with Crippen LogP contribution in [0.3, 0.4) is 0 Å². The lowest BCUT2D eigenvalue weighted by Crippen LogP contribution is -2.37. The SMILES string of the molecule is C=C(C)NC.Cc1nc(N2CCOCC2)c2nc(CN3CCC4(CC4)C3)n(C)c2n1.I.[HH]. The van der Waals surface area contributed by atoms with Crippen LogP contribution in [0.4, 0.5) is 5.82 Å². The average Bonchev–Trinajstić information content (AvgIpc) is 3.28. The highest BCUT2D eigenvalue weighted by molar-refractivity contribution is 14.0. The molecule has 1 N–H and O–H groups in total. The molecule has 4 heterocycles. The number of hydrogen-bond donors (Lipinski definition) is 1. The lowest BCUT2D eigenvalue weighted by Gasteiger charge is -2.27. The number of nitrogens with one attached hydrogen (secondary N) is 1. The topological polar surface area (TPSA) is 71.3 Å². The van der Waals surface area contributed by atoms with E-state index in [0.717, 1.165) is 67.2 Å². The predicted octanol–water partition coefficient (Wildman–Crippen LogP) is 3.10. The molecule has 0 atom stereocenters. The molecule has 0 radical (unpaired) electrons.